The Labute approximate surface area is 189 Å². The van der Waals surface area contributed by atoms with Crippen LogP contribution < -0.4 is 0 Å². The number of pyridine rings is 1. The molecule has 0 spiro atoms. The molecule has 4 rings (SSSR count). The van der Waals surface area contributed by atoms with E-state index in [4.69, 9.17) is 0 Å². The third kappa shape index (κ3) is 4.94. The molecule has 1 saturated heterocycles. The maximum atomic E-state index is 13.3. The quantitative estimate of drug-likeness (QED) is 0.559. The van der Waals surface area contributed by atoms with Crippen molar-refractivity contribution in [2.24, 2.45) is 5.92 Å². The number of hydrogen-bond donors (Lipinski definition) is 0. The van der Waals surface area contributed by atoms with E-state index in [-0.39, 0.29) is 17.7 Å². The Balaban J connectivity index is 1.59. The molecule has 3 aromatic rings. The summed E-state index contributed by atoms with van der Waals surface area (Å²) in [6.45, 7) is 5.70. The Morgan fingerprint density at radius 3 is 2.59 bits per heavy atom. The number of carbonyl (C=O) groups is 2. The van der Waals surface area contributed by atoms with Gasteiger partial charge in [0.2, 0.25) is 5.91 Å². The van der Waals surface area contributed by atoms with Gasteiger partial charge in [0.15, 0.2) is 0 Å². The molecule has 1 atom stereocenters. The van der Waals surface area contributed by atoms with Crippen molar-refractivity contribution in [3.8, 4) is 11.1 Å². The van der Waals surface area contributed by atoms with Gasteiger partial charge in [0.05, 0.1) is 5.92 Å². The van der Waals surface area contributed by atoms with Gasteiger partial charge in [-0.15, -0.1) is 6.58 Å². The lowest BCUT2D eigenvalue weighted by Crippen LogP contribution is -2.38. The van der Waals surface area contributed by atoms with Gasteiger partial charge in [-0.25, -0.2) is 0 Å². The zero-order valence-corrected chi connectivity index (χ0v) is 18.1. The van der Waals surface area contributed by atoms with Crippen molar-refractivity contribution >= 4 is 11.8 Å². The van der Waals surface area contributed by atoms with Gasteiger partial charge in [0, 0.05) is 44.1 Å². The lowest BCUT2D eigenvalue weighted by molar-refractivity contribution is -0.134. The second kappa shape index (κ2) is 10.1. The van der Waals surface area contributed by atoms with Crippen LogP contribution >= 0.6 is 0 Å². The maximum absolute atomic E-state index is 13.3. The first-order valence-corrected chi connectivity index (χ1v) is 10.9. The van der Waals surface area contributed by atoms with Crippen LogP contribution in [0.25, 0.3) is 11.1 Å². The number of nitrogens with zero attached hydrogens (tertiary/aromatic N) is 3. The van der Waals surface area contributed by atoms with E-state index >= 15 is 0 Å². The van der Waals surface area contributed by atoms with Crippen LogP contribution in [0.15, 0.2) is 91.8 Å². The van der Waals surface area contributed by atoms with E-state index in [0.29, 0.717) is 38.2 Å². The van der Waals surface area contributed by atoms with E-state index in [1.54, 1.807) is 17.2 Å². The zero-order chi connectivity index (χ0) is 22.3. The third-order valence-corrected chi connectivity index (χ3v) is 5.80. The Morgan fingerprint density at radius 2 is 1.84 bits per heavy atom. The van der Waals surface area contributed by atoms with Crippen molar-refractivity contribution in [3.63, 3.8) is 0 Å². The molecule has 5 nitrogen and oxygen atoms in total. The fourth-order valence-electron chi connectivity index (χ4n) is 4.18. The minimum atomic E-state index is -0.311. The summed E-state index contributed by atoms with van der Waals surface area (Å²) in [6.07, 6.45) is 5.90. The lowest BCUT2D eigenvalue weighted by atomic mass is 9.95. The van der Waals surface area contributed by atoms with Crippen LogP contribution in [0.1, 0.15) is 15.9 Å². The van der Waals surface area contributed by atoms with Crippen molar-refractivity contribution in [1.29, 1.82) is 0 Å². The molecule has 0 aliphatic carbocycles. The molecule has 2 heterocycles. The predicted octanol–water partition coefficient (Wildman–Crippen LogP) is 4.08. The number of benzene rings is 2. The van der Waals surface area contributed by atoms with E-state index in [9.17, 15) is 9.59 Å². The van der Waals surface area contributed by atoms with Gasteiger partial charge in [0.25, 0.3) is 5.91 Å². The van der Waals surface area contributed by atoms with Gasteiger partial charge in [-0.3, -0.25) is 14.6 Å². The predicted molar refractivity (Wildman–Crippen MR) is 126 cm³/mol. The standard InChI is InChI=1S/C27H27N3O2/c1-2-14-29-15-16-30(26(31)22-9-4-3-5-10-22)20-25(27(29)32)18-21-8-6-11-23(17-21)24-12-7-13-28-19-24/h2-13,17,19,25H,1,14-16,18,20H2. The van der Waals surface area contributed by atoms with Gasteiger partial charge in [0.1, 0.15) is 0 Å². The molecule has 32 heavy (non-hydrogen) atoms. The highest BCUT2D eigenvalue weighted by Crippen LogP contribution is 2.23. The second-order valence-corrected chi connectivity index (χ2v) is 8.03. The summed E-state index contributed by atoms with van der Waals surface area (Å²) in [5.74, 6) is -0.276. The average Bonchev–Trinajstić information content (AvgIpc) is 2.99. The number of amides is 2. The van der Waals surface area contributed by atoms with Crippen LogP contribution in [0.2, 0.25) is 0 Å². The third-order valence-electron chi connectivity index (χ3n) is 5.80. The SMILES string of the molecule is C=CCN1CCN(C(=O)c2ccccc2)CC(Cc2cccc(-c3cccnc3)c2)C1=O. The molecule has 2 aromatic carbocycles. The largest absolute Gasteiger partial charge is 0.337 e. The molecule has 1 unspecified atom stereocenters. The molecule has 2 amide bonds. The molecule has 0 radical (unpaired) electrons. The van der Waals surface area contributed by atoms with Crippen LogP contribution in [0, 0.1) is 5.92 Å². The van der Waals surface area contributed by atoms with Crippen molar-refractivity contribution in [2.45, 2.75) is 6.42 Å². The highest BCUT2D eigenvalue weighted by molar-refractivity contribution is 5.94. The average molecular weight is 426 g/mol. The molecule has 5 heteroatoms. The van der Waals surface area contributed by atoms with Crippen LogP contribution in [-0.4, -0.2) is 52.8 Å². The minimum absolute atomic E-state index is 0.0343. The van der Waals surface area contributed by atoms with Gasteiger partial charge < -0.3 is 9.80 Å². The molecular weight excluding hydrogens is 398 g/mol. The Hall–Kier alpha value is -3.73. The monoisotopic (exact) mass is 425 g/mol. The van der Waals surface area contributed by atoms with E-state index in [2.05, 4.69) is 17.6 Å². The van der Waals surface area contributed by atoms with Crippen LogP contribution in [-0.2, 0) is 11.2 Å². The minimum Gasteiger partial charge on any atom is -0.337 e. The van der Waals surface area contributed by atoms with Crippen LogP contribution in [0.5, 0.6) is 0 Å². The van der Waals surface area contributed by atoms with Crippen molar-refractivity contribution in [2.75, 3.05) is 26.2 Å². The molecule has 1 aliphatic rings. The summed E-state index contributed by atoms with van der Waals surface area (Å²) in [5.41, 5.74) is 3.82. The number of hydrogen-bond acceptors (Lipinski definition) is 3. The van der Waals surface area contributed by atoms with Gasteiger partial charge in [-0.2, -0.15) is 0 Å². The normalized spacial score (nSPS) is 16.5. The summed E-state index contributed by atoms with van der Waals surface area (Å²) < 4.78 is 0. The Kier molecular flexibility index (Phi) is 6.75. The van der Waals surface area contributed by atoms with Gasteiger partial charge in [-0.1, -0.05) is 54.6 Å². The van der Waals surface area contributed by atoms with Gasteiger partial charge in [-0.05, 0) is 41.3 Å². The summed E-state index contributed by atoms with van der Waals surface area (Å²) in [6, 6.07) is 21.4. The van der Waals surface area contributed by atoms with Crippen LogP contribution in [0.4, 0.5) is 0 Å². The first-order chi connectivity index (χ1) is 15.7. The highest BCUT2D eigenvalue weighted by atomic mass is 16.2. The number of aromatic nitrogens is 1. The Bertz CT molecular complexity index is 1080. The van der Waals surface area contributed by atoms with Crippen LogP contribution in [0.3, 0.4) is 0 Å². The van der Waals surface area contributed by atoms with E-state index in [0.717, 1.165) is 16.7 Å². The fraction of sp³-hybridized carbons (Fsp3) is 0.222. The molecule has 1 fully saturated rings. The fourth-order valence-corrected chi connectivity index (χ4v) is 4.18. The molecular formula is C27H27N3O2. The second-order valence-electron chi connectivity index (χ2n) is 8.03. The summed E-state index contributed by atoms with van der Waals surface area (Å²) in [5, 5.41) is 0. The number of carbonyl (C=O) groups excluding carboxylic acids is 2. The summed E-state index contributed by atoms with van der Waals surface area (Å²) >= 11 is 0. The van der Waals surface area contributed by atoms with Gasteiger partial charge >= 0.3 is 0 Å². The highest BCUT2D eigenvalue weighted by Gasteiger charge is 2.32. The van der Waals surface area contributed by atoms with Crippen molar-refractivity contribution in [1.82, 2.24) is 14.8 Å². The molecule has 0 saturated carbocycles. The van der Waals surface area contributed by atoms with Crippen molar-refractivity contribution < 1.29 is 9.59 Å². The summed E-state index contributed by atoms with van der Waals surface area (Å²) in [7, 11) is 0. The van der Waals surface area contributed by atoms with E-state index in [1.165, 1.54) is 0 Å². The first-order valence-electron chi connectivity index (χ1n) is 10.9. The van der Waals surface area contributed by atoms with E-state index in [1.807, 2.05) is 71.8 Å². The topological polar surface area (TPSA) is 53.5 Å². The molecule has 1 aliphatic heterocycles. The molecule has 0 N–H and O–H groups in total. The Morgan fingerprint density at radius 1 is 1.03 bits per heavy atom. The molecule has 0 bridgehead atoms. The maximum Gasteiger partial charge on any atom is 0.253 e. The zero-order valence-electron chi connectivity index (χ0n) is 18.1. The molecule has 162 valence electrons. The lowest BCUT2D eigenvalue weighted by Gasteiger charge is -2.24. The molecule has 1 aromatic heterocycles. The van der Waals surface area contributed by atoms with Crippen molar-refractivity contribution in [3.05, 3.63) is 103 Å². The first kappa shape index (κ1) is 21.5. The summed E-state index contributed by atoms with van der Waals surface area (Å²) in [4.78, 5) is 34.3. The number of rotatable bonds is 6. The van der Waals surface area contributed by atoms with E-state index < -0.39 is 0 Å². The smallest absolute Gasteiger partial charge is 0.253 e.